The van der Waals surface area contributed by atoms with Gasteiger partial charge in [-0.05, 0) is 53.6 Å². The molecule has 0 unspecified atom stereocenters. The maximum absolute atomic E-state index is 14.0. The maximum atomic E-state index is 14.0. The van der Waals surface area contributed by atoms with Crippen LogP contribution in [0, 0.1) is 0 Å². The third kappa shape index (κ3) is 6.45. The van der Waals surface area contributed by atoms with Crippen molar-refractivity contribution >= 4 is 57.4 Å². The summed E-state index contributed by atoms with van der Waals surface area (Å²) in [6.07, 6.45) is 1.76. The van der Waals surface area contributed by atoms with E-state index in [2.05, 4.69) is 5.32 Å². The lowest BCUT2D eigenvalue weighted by Gasteiger charge is -2.32. The summed E-state index contributed by atoms with van der Waals surface area (Å²) >= 11 is 12.5. The topological polar surface area (TPSA) is 69.7 Å². The lowest BCUT2D eigenvalue weighted by Crippen LogP contribution is -2.50. The van der Waals surface area contributed by atoms with Crippen LogP contribution in [-0.2, 0) is 22.6 Å². The summed E-state index contributed by atoms with van der Waals surface area (Å²) in [5.41, 5.74) is 3.28. The largest absolute Gasteiger partial charge is 0.354 e. The molecule has 5 rings (SSSR count). The molecule has 1 heterocycles. The van der Waals surface area contributed by atoms with Crippen LogP contribution in [-0.4, -0.2) is 41.8 Å². The Hall–Kier alpha value is -3.87. The predicted octanol–water partition coefficient (Wildman–Crippen LogP) is 7.05. The number of halogens is 2. The van der Waals surface area contributed by atoms with E-state index in [1.807, 2.05) is 79.7 Å². The fourth-order valence-corrected chi connectivity index (χ4v) is 5.81. The number of rotatable bonds is 12. The van der Waals surface area contributed by atoms with Crippen molar-refractivity contribution in [1.82, 2.24) is 10.2 Å². The van der Waals surface area contributed by atoms with Crippen LogP contribution in [0.1, 0.15) is 47.7 Å². The third-order valence-electron chi connectivity index (χ3n) is 7.58. The van der Waals surface area contributed by atoms with Gasteiger partial charge in [-0.1, -0.05) is 90.8 Å². The molecule has 0 saturated heterocycles. The quantitative estimate of drug-likeness (QED) is 0.189. The highest BCUT2D eigenvalue weighted by molar-refractivity contribution is 6.42. The van der Waals surface area contributed by atoms with Crippen molar-refractivity contribution in [1.29, 1.82) is 0 Å². The van der Waals surface area contributed by atoms with E-state index in [0.29, 0.717) is 41.5 Å². The van der Waals surface area contributed by atoms with Gasteiger partial charge in [-0.15, -0.1) is 0 Å². The molecule has 1 atom stereocenters. The third-order valence-corrected chi connectivity index (χ3v) is 8.32. The number of hydrogen-bond donors (Lipinski definition) is 1. The molecule has 0 aliphatic carbocycles. The SMILES string of the molecule is CCCNC(=O)[C@H](Cc1ccccc1)N(Cc1ccc(Cl)c(Cl)c1)C(=O)CCCN1C(=O)c2cccc3cccc1c23. The molecule has 0 fully saturated rings. The molecule has 0 aromatic heterocycles. The second kappa shape index (κ2) is 13.4. The number of amides is 3. The highest BCUT2D eigenvalue weighted by Gasteiger charge is 2.32. The number of carbonyl (C=O) groups is 3. The van der Waals surface area contributed by atoms with Crippen molar-refractivity contribution in [2.45, 2.75) is 45.2 Å². The normalized spacial score (nSPS) is 12.9. The molecule has 0 saturated carbocycles. The van der Waals surface area contributed by atoms with Gasteiger partial charge in [0.2, 0.25) is 11.8 Å². The standard InChI is InChI=1S/C34H33Cl2N3O3/c1-2-18-37-33(41)30(21-23-9-4-3-5-10-23)39(22-24-16-17-27(35)28(36)20-24)31(40)15-8-19-38-29-14-7-12-25-11-6-13-26(32(25)29)34(38)42/h3-7,9-14,16-17,20,30H,2,8,15,18-19,21-22H2,1H3,(H,37,41)/t30-/m0/s1. The van der Waals surface area contributed by atoms with Crippen molar-refractivity contribution in [2.75, 3.05) is 18.0 Å². The first-order valence-corrected chi connectivity index (χ1v) is 15.0. The summed E-state index contributed by atoms with van der Waals surface area (Å²) in [5.74, 6) is -0.426. The van der Waals surface area contributed by atoms with Crippen molar-refractivity contribution in [2.24, 2.45) is 0 Å². The average Bonchev–Trinajstić information content (AvgIpc) is 3.28. The van der Waals surface area contributed by atoms with Gasteiger partial charge in [0.15, 0.2) is 0 Å². The van der Waals surface area contributed by atoms with E-state index >= 15 is 0 Å². The Morgan fingerprint density at radius 1 is 0.905 bits per heavy atom. The maximum Gasteiger partial charge on any atom is 0.258 e. The first-order valence-electron chi connectivity index (χ1n) is 14.3. The van der Waals surface area contributed by atoms with E-state index in [1.165, 1.54) is 0 Å². The Morgan fingerprint density at radius 2 is 1.67 bits per heavy atom. The molecule has 1 aliphatic heterocycles. The molecule has 3 amide bonds. The Bertz CT molecular complexity index is 1600. The van der Waals surface area contributed by atoms with Crippen LogP contribution in [0.15, 0.2) is 84.9 Å². The molecule has 1 N–H and O–H groups in total. The molecule has 0 radical (unpaired) electrons. The Labute approximate surface area is 256 Å². The monoisotopic (exact) mass is 601 g/mol. The van der Waals surface area contributed by atoms with E-state index in [0.717, 1.165) is 34.0 Å². The zero-order chi connectivity index (χ0) is 29.6. The highest BCUT2D eigenvalue weighted by Crippen LogP contribution is 2.37. The minimum Gasteiger partial charge on any atom is -0.354 e. The zero-order valence-electron chi connectivity index (χ0n) is 23.5. The minimum atomic E-state index is -0.729. The van der Waals surface area contributed by atoms with Crippen LogP contribution in [0.25, 0.3) is 10.8 Å². The number of benzene rings is 4. The number of carbonyl (C=O) groups excluding carboxylic acids is 3. The fraction of sp³-hybridized carbons (Fsp3) is 0.265. The fourth-order valence-electron chi connectivity index (χ4n) is 5.49. The van der Waals surface area contributed by atoms with E-state index in [4.69, 9.17) is 23.2 Å². The van der Waals surface area contributed by atoms with Crippen molar-refractivity contribution < 1.29 is 14.4 Å². The summed E-state index contributed by atoms with van der Waals surface area (Å²) in [5, 5.41) is 5.77. The second-order valence-corrected chi connectivity index (χ2v) is 11.3. The summed E-state index contributed by atoms with van der Waals surface area (Å²) in [6, 6.07) is 25.8. The number of nitrogens with one attached hydrogen (secondary N) is 1. The van der Waals surface area contributed by atoms with Crippen LogP contribution >= 0.6 is 23.2 Å². The van der Waals surface area contributed by atoms with E-state index in [9.17, 15) is 14.4 Å². The van der Waals surface area contributed by atoms with Gasteiger partial charge in [0.05, 0.1) is 15.7 Å². The van der Waals surface area contributed by atoms with Crippen LogP contribution in [0.3, 0.4) is 0 Å². The molecule has 216 valence electrons. The van der Waals surface area contributed by atoms with Gasteiger partial charge in [0.1, 0.15) is 6.04 Å². The smallest absolute Gasteiger partial charge is 0.258 e. The molecule has 0 bridgehead atoms. The highest BCUT2D eigenvalue weighted by atomic mass is 35.5. The summed E-state index contributed by atoms with van der Waals surface area (Å²) in [6.45, 7) is 3.09. The molecule has 0 spiro atoms. The molecule has 6 nitrogen and oxygen atoms in total. The Kier molecular flexibility index (Phi) is 9.45. The first-order chi connectivity index (χ1) is 20.4. The van der Waals surface area contributed by atoms with Crippen LogP contribution in [0.2, 0.25) is 10.0 Å². The lowest BCUT2D eigenvalue weighted by atomic mass is 10.0. The lowest BCUT2D eigenvalue weighted by molar-refractivity contribution is -0.141. The van der Waals surface area contributed by atoms with Crippen molar-refractivity contribution in [3.8, 4) is 0 Å². The molecular formula is C34H33Cl2N3O3. The van der Waals surface area contributed by atoms with Crippen molar-refractivity contribution in [3.05, 3.63) is 112 Å². The van der Waals surface area contributed by atoms with Gasteiger partial charge in [-0.25, -0.2) is 0 Å². The predicted molar refractivity (Wildman–Crippen MR) is 169 cm³/mol. The van der Waals surface area contributed by atoms with Gasteiger partial charge in [0, 0.05) is 43.4 Å². The van der Waals surface area contributed by atoms with Gasteiger partial charge >= 0.3 is 0 Å². The van der Waals surface area contributed by atoms with Crippen LogP contribution in [0.4, 0.5) is 5.69 Å². The molecule has 4 aromatic rings. The number of nitrogens with zero attached hydrogens (tertiary/aromatic N) is 2. The number of anilines is 1. The van der Waals surface area contributed by atoms with Crippen LogP contribution in [0.5, 0.6) is 0 Å². The first kappa shape index (κ1) is 29.6. The molecule has 42 heavy (non-hydrogen) atoms. The van der Waals surface area contributed by atoms with E-state index in [-0.39, 0.29) is 30.7 Å². The van der Waals surface area contributed by atoms with E-state index in [1.54, 1.807) is 21.9 Å². The molecule has 4 aromatic carbocycles. The molecular weight excluding hydrogens is 569 g/mol. The van der Waals surface area contributed by atoms with Gasteiger partial charge in [-0.2, -0.15) is 0 Å². The van der Waals surface area contributed by atoms with Gasteiger partial charge in [-0.3, -0.25) is 14.4 Å². The zero-order valence-corrected chi connectivity index (χ0v) is 25.0. The van der Waals surface area contributed by atoms with E-state index < -0.39 is 6.04 Å². The molecule has 8 heteroatoms. The van der Waals surface area contributed by atoms with Crippen molar-refractivity contribution in [3.63, 3.8) is 0 Å². The summed E-state index contributed by atoms with van der Waals surface area (Å²) in [4.78, 5) is 44.1. The number of hydrogen-bond acceptors (Lipinski definition) is 3. The van der Waals surface area contributed by atoms with Crippen LogP contribution < -0.4 is 10.2 Å². The van der Waals surface area contributed by atoms with Gasteiger partial charge < -0.3 is 15.1 Å². The Balaban J connectivity index is 1.38. The summed E-state index contributed by atoms with van der Waals surface area (Å²) < 4.78 is 0. The second-order valence-electron chi connectivity index (χ2n) is 10.5. The minimum absolute atomic E-state index is 0.0530. The Morgan fingerprint density at radius 3 is 2.40 bits per heavy atom. The average molecular weight is 603 g/mol. The summed E-state index contributed by atoms with van der Waals surface area (Å²) in [7, 11) is 0. The molecule has 1 aliphatic rings. The van der Waals surface area contributed by atoms with Gasteiger partial charge in [0.25, 0.3) is 5.91 Å².